The van der Waals surface area contributed by atoms with Crippen LogP contribution in [0.3, 0.4) is 0 Å². The summed E-state index contributed by atoms with van der Waals surface area (Å²) < 4.78 is 32.5. The van der Waals surface area contributed by atoms with E-state index in [0.717, 1.165) is 11.3 Å². The molecule has 0 saturated carbocycles. The molecule has 1 aliphatic heterocycles. The first-order valence-electron chi connectivity index (χ1n) is 5.40. The van der Waals surface area contributed by atoms with Gasteiger partial charge in [0.25, 0.3) is 10.0 Å². The van der Waals surface area contributed by atoms with E-state index in [-0.39, 0.29) is 28.8 Å². The quantitative estimate of drug-likeness (QED) is 0.800. The minimum absolute atomic E-state index is 0.199. The summed E-state index contributed by atoms with van der Waals surface area (Å²) in [4.78, 5) is 0. The van der Waals surface area contributed by atoms with E-state index in [1.54, 1.807) is 6.07 Å². The van der Waals surface area contributed by atoms with E-state index in [9.17, 15) is 8.42 Å². The van der Waals surface area contributed by atoms with Crippen LogP contribution in [0.2, 0.25) is 4.34 Å². The number of sulfonamides is 1. The molecule has 0 N–H and O–H groups in total. The molecule has 18 heavy (non-hydrogen) atoms. The van der Waals surface area contributed by atoms with Crippen molar-refractivity contribution in [2.45, 2.75) is 23.3 Å². The summed E-state index contributed by atoms with van der Waals surface area (Å²) in [5, 5.41) is 0. The third-order valence-corrected chi connectivity index (χ3v) is 6.75. The molecule has 0 bridgehead atoms. The van der Waals surface area contributed by atoms with Crippen molar-refractivity contribution in [2.75, 3.05) is 19.0 Å². The average Bonchev–Trinajstić information content (AvgIpc) is 2.77. The predicted molar refractivity (Wildman–Crippen MR) is 73.1 cm³/mol. The molecule has 0 amide bonds. The molecule has 4 nitrogen and oxygen atoms in total. The Morgan fingerprint density at radius 2 is 2.28 bits per heavy atom. The van der Waals surface area contributed by atoms with Crippen LogP contribution in [-0.2, 0) is 14.8 Å². The third-order valence-electron chi connectivity index (χ3n) is 2.73. The Kier molecular flexibility index (Phi) is 4.57. The maximum Gasteiger partial charge on any atom is 0.253 e. The topological polar surface area (TPSA) is 46.6 Å². The Morgan fingerprint density at radius 1 is 1.56 bits per heavy atom. The summed E-state index contributed by atoms with van der Waals surface area (Å²) in [5.41, 5.74) is 0. The predicted octanol–water partition coefficient (Wildman–Crippen LogP) is 2.42. The van der Waals surface area contributed by atoms with Crippen LogP contribution in [0.25, 0.3) is 0 Å². The second-order valence-corrected chi connectivity index (χ2v) is 8.23. The van der Waals surface area contributed by atoms with Gasteiger partial charge in [-0.05, 0) is 19.1 Å². The van der Waals surface area contributed by atoms with Crippen molar-refractivity contribution in [3.8, 4) is 0 Å². The second kappa shape index (κ2) is 5.64. The van der Waals surface area contributed by atoms with E-state index in [2.05, 4.69) is 0 Å². The number of ether oxygens (including phenoxy) is 1. The molecule has 2 rings (SSSR count). The van der Waals surface area contributed by atoms with Crippen LogP contribution in [0.4, 0.5) is 0 Å². The van der Waals surface area contributed by atoms with Gasteiger partial charge in [-0.25, -0.2) is 8.42 Å². The maximum absolute atomic E-state index is 12.5. The van der Waals surface area contributed by atoms with Crippen molar-refractivity contribution >= 4 is 44.6 Å². The van der Waals surface area contributed by atoms with E-state index in [1.807, 2.05) is 6.92 Å². The van der Waals surface area contributed by atoms with Gasteiger partial charge >= 0.3 is 0 Å². The Balaban J connectivity index is 2.28. The number of thiophene rings is 1. The number of rotatable bonds is 3. The highest BCUT2D eigenvalue weighted by atomic mass is 35.5. The van der Waals surface area contributed by atoms with Gasteiger partial charge in [-0.3, -0.25) is 0 Å². The van der Waals surface area contributed by atoms with Gasteiger partial charge in [0.05, 0.1) is 17.0 Å². The van der Waals surface area contributed by atoms with Crippen molar-refractivity contribution in [3.63, 3.8) is 0 Å². The molecule has 2 heterocycles. The lowest BCUT2D eigenvalue weighted by Gasteiger charge is -2.35. The van der Waals surface area contributed by atoms with Gasteiger partial charge in [-0.15, -0.1) is 22.9 Å². The normalized spacial score (nSPS) is 26.4. The minimum atomic E-state index is -3.50. The number of nitrogens with zero attached hydrogens (tertiary/aromatic N) is 1. The van der Waals surface area contributed by atoms with Crippen LogP contribution in [-0.4, -0.2) is 43.9 Å². The highest BCUT2D eigenvalue weighted by Crippen LogP contribution is 2.30. The summed E-state index contributed by atoms with van der Waals surface area (Å²) in [6.07, 6.45) is -0.256. The van der Waals surface area contributed by atoms with Crippen molar-refractivity contribution in [1.82, 2.24) is 4.31 Å². The van der Waals surface area contributed by atoms with Crippen molar-refractivity contribution in [1.29, 1.82) is 0 Å². The van der Waals surface area contributed by atoms with Gasteiger partial charge < -0.3 is 4.74 Å². The first-order valence-corrected chi connectivity index (χ1v) is 8.57. The number of halogens is 2. The van der Waals surface area contributed by atoms with E-state index >= 15 is 0 Å². The van der Waals surface area contributed by atoms with Crippen LogP contribution in [0.15, 0.2) is 16.3 Å². The molecule has 2 unspecified atom stereocenters. The van der Waals surface area contributed by atoms with Gasteiger partial charge in [-0.1, -0.05) is 11.6 Å². The monoisotopic (exact) mass is 329 g/mol. The molecule has 102 valence electrons. The molecule has 1 aromatic heterocycles. The van der Waals surface area contributed by atoms with E-state index in [0.29, 0.717) is 10.9 Å². The smallest absolute Gasteiger partial charge is 0.253 e. The van der Waals surface area contributed by atoms with Crippen molar-refractivity contribution < 1.29 is 13.2 Å². The van der Waals surface area contributed by atoms with E-state index in [4.69, 9.17) is 27.9 Å². The summed E-state index contributed by atoms with van der Waals surface area (Å²) in [5.74, 6) is 0.282. The Hall–Kier alpha value is 0.150. The first kappa shape index (κ1) is 14.6. The third kappa shape index (κ3) is 2.84. The maximum atomic E-state index is 12.5. The van der Waals surface area contributed by atoms with Crippen LogP contribution in [0, 0.1) is 0 Å². The van der Waals surface area contributed by atoms with Crippen LogP contribution in [0.1, 0.15) is 6.92 Å². The van der Waals surface area contributed by atoms with E-state index < -0.39 is 10.0 Å². The first-order chi connectivity index (χ1) is 8.45. The number of morpholine rings is 1. The summed E-state index contributed by atoms with van der Waals surface area (Å²) in [6, 6.07) is 2.92. The highest BCUT2D eigenvalue weighted by Gasteiger charge is 2.35. The lowest BCUT2D eigenvalue weighted by atomic mass is 10.2. The Bertz CT molecular complexity index is 517. The fourth-order valence-electron chi connectivity index (χ4n) is 1.77. The van der Waals surface area contributed by atoms with Crippen LogP contribution in [0.5, 0.6) is 0 Å². The fraction of sp³-hybridized carbons (Fsp3) is 0.600. The molecule has 0 radical (unpaired) electrons. The molecule has 1 aliphatic rings. The van der Waals surface area contributed by atoms with Gasteiger partial charge in [0.2, 0.25) is 0 Å². The molecule has 0 aliphatic carbocycles. The Labute approximate surface area is 120 Å². The van der Waals surface area contributed by atoms with Gasteiger partial charge in [0, 0.05) is 18.5 Å². The molecule has 1 aromatic rings. The number of alkyl halides is 1. The van der Waals surface area contributed by atoms with Crippen molar-refractivity contribution in [3.05, 3.63) is 16.5 Å². The Morgan fingerprint density at radius 3 is 2.83 bits per heavy atom. The minimum Gasteiger partial charge on any atom is -0.374 e. The van der Waals surface area contributed by atoms with Gasteiger partial charge in [-0.2, -0.15) is 4.31 Å². The zero-order valence-electron chi connectivity index (χ0n) is 9.68. The molecule has 1 saturated heterocycles. The molecule has 0 aromatic carbocycles. The molecule has 8 heteroatoms. The average molecular weight is 330 g/mol. The number of hydrogen-bond donors (Lipinski definition) is 0. The van der Waals surface area contributed by atoms with Crippen LogP contribution >= 0.6 is 34.5 Å². The highest BCUT2D eigenvalue weighted by molar-refractivity contribution is 7.91. The van der Waals surface area contributed by atoms with E-state index in [1.165, 1.54) is 10.4 Å². The second-order valence-electron chi connectivity index (χ2n) is 4.09. The molecule has 0 spiro atoms. The SMILES string of the molecule is CC1COC(CCl)CN1S(=O)(=O)c1ccc(Cl)s1. The zero-order valence-corrected chi connectivity index (χ0v) is 12.8. The molecule has 2 atom stereocenters. The standard InChI is InChI=1S/C10H13Cl2NO3S2/c1-7-6-16-8(4-11)5-13(7)18(14,15)10-3-2-9(12)17-10/h2-3,7-8H,4-6H2,1H3. The summed E-state index contributed by atoms with van der Waals surface area (Å²) >= 11 is 12.6. The molecular weight excluding hydrogens is 317 g/mol. The molecule has 1 fully saturated rings. The van der Waals surface area contributed by atoms with Gasteiger partial charge in [0.15, 0.2) is 0 Å². The van der Waals surface area contributed by atoms with Gasteiger partial charge in [0.1, 0.15) is 4.21 Å². The zero-order chi connectivity index (χ0) is 13.3. The number of hydrogen-bond acceptors (Lipinski definition) is 4. The summed E-state index contributed by atoms with van der Waals surface area (Å²) in [6.45, 7) is 2.45. The molecular formula is C10H13Cl2NO3S2. The lowest BCUT2D eigenvalue weighted by molar-refractivity contribution is -0.0151. The largest absolute Gasteiger partial charge is 0.374 e. The summed E-state index contributed by atoms with van der Waals surface area (Å²) in [7, 11) is -3.50. The van der Waals surface area contributed by atoms with Crippen molar-refractivity contribution in [2.24, 2.45) is 0 Å². The fourth-order valence-corrected chi connectivity index (χ4v) is 5.22. The lowest BCUT2D eigenvalue weighted by Crippen LogP contribution is -2.51. The van der Waals surface area contributed by atoms with Crippen LogP contribution < -0.4 is 0 Å².